The number of ether oxygens (including phenoxy) is 1. The van der Waals surface area contributed by atoms with Crippen molar-refractivity contribution in [3.63, 3.8) is 0 Å². The Labute approximate surface area is 130 Å². The van der Waals surface area contributed by atoms with Crippen LogP contribution in [0.5, 0.6) is 0 Å². The number of carboxylic acids is 1. The fourth-order valence-electron chi connectivity index (χ4n) is 1.97. The fourth-order valence-corrected chi connectivity index (χ4v) is 3.98. The van der Waals surface area contributed by atoms with Crippen molar-refractivity contribution < 1.29 is 23.1 Å². The summed E-state index contributed by atoms with van der Waals surface area (Å²) in [6.45, 7) is 2.58. The quantitative estimate of drug-likeness (QED) is 0.732. The number of aromatic carboxylic acids is 1. The minimum Gasteiger partial charge on any atom is -0.478 e. The van der Waals surface area contributed by atoms with Gasteiger partial charge in [-0.25, -0.2) is 17.9 Å². The first-order valence-corrected chi connectivity index (χ1v) is 8.44. The van der Waals surface area contributed by atoms with Crippen molar-refractivity contribution >= 4 is 38.6 Å². The van der Waals surface area contributed by atoms with Crippen LogP contribution in [0.4, 0.5) is 0 Å². The predicted octanol–water partition coefficient (Wildman–Crippen LogP) is 1.45. The molecule has 0 radical (unpaired) electrons. The lowest BCUT2D eigenvalue weighted by molar-refractivity contribution is 0.0695. The third kappa shape index (κ3) is 3.30. The summed E-state index contributed by atoms with van der Waals surface area (Å²) in [4.78, 5) is 11.0. The molecule has 1 fully saturated rings. The van der Waals surface area contributed by atoms with Crippen molar-refractivity contribution in [1.82, 2.24) is 4.72 Å². The highest BCUT2D eigenvalue weighted by Crippen LogP contribution is 2.23. The zero-order valence-corrected chi connectivity index (χ0v) is 13.7. The molecule has 2 N–H and O–H groups in total. The Morgan fingerprint density at radius 3 is 2.75 bits per heavy atom. The number of rotatable bonds is 4. The molecule has 0 aliphatic carbocycles. The van der Waals surface area contributed by atoms with Gasteiger partial charge in [0.2, 0.25) is 10.0 Å². The van der Waals surface area contributed by atoms with Crippen LogP contribution in [-0.2, 0) is 14.8 Å². The Balaban J connectivity index is 2.34. The van der Waals surface area contributed by atoms with Gasteiger partial charge in [-0.3, -0.25) is 0 Å². The van der Waals surface area contributed by atoms with Gasteiger partial charge in [-0.05, 0) is 54.1 Å². The van der Waals surface area contributed by atoms with Gasteiger partial charge in [0.15, 0.2) is 0 Å². The molecule has 1 saturated heterocycles. The number of nitrogens with one attached hydrogen (secondary N) is 1. The Morgan fingerprint density at radius 1 is 1.50 bits per heavy atom. The summed E-state index contributed by atoms with van der Waals surface area (Å²) in [6, 6.07) is 4.05. The number of carbonyl (C=O) groups is 1. The minimum absolute atomic E-state index is 0.0266. The van der Waals surface area contributed by atoms with Crippen molar-refractivity contribution in [2.75, 3.05) is 13.2 Å². The maximum absolute atomic E-state index is 12.3. The standard InChI is InChI=1S/C12H14INO5S/c1-12(4-5-19-7-12)14-20(17,18)8-2-3-10(13)9(6-8)11(15)16/h2-3,6,14H,4-5,7H2,1H3,(H,15,16). The van der Waals surface area contributed by atoms with Crippen molar-refractivity contribution in [2.24, 2.45) is 0 Å². The van der Waals surface area contributed by atoms with Crippen molar-refractivity contribution in [2.45, 2.75) is 23.8 Å². The summed E-state index contributed by atoms with van der Waals surface area (Å²) in [5.41, 5.74) is -0.674. The van der Waals surface area contributed by atoms with Crippen LogP contribution in [0.2, 0.25) is 0 Å². The highest BCUT2D eigenvalue weighted by Gasteiger charge is 2.34. The van der Waals surface area contributed by atoms with E-state index in [1.165, 1.54) is 18.2 Å². The van der Waals surface area contributed by atoms with E-state index in [0.29, 0.717) is 23.2 Å². The summed E-state index contributed by atoms with van der Waals surface area (Å²) in [5.74, 6) is -1.15. The van der Waals surface area contributed by atoms with Crippen LogP contribution in [0.25, 0.3) is 0 Å². The predicted molar refractivity (Wildman–Crippen MR) is 80.3 cm³/mol. The van der Waals surface area contributed by atoms with Gasteiger partial charge in [0.25, 0.3) is 0 Å². The second-order valence-corrected chi connectivity index (χ2v) is 7.76. The molecule has 1 heterocycles. The molecule has 1 aromatic carbocycles. The molecule has 1 aliphatic heterocycles. The molecular weight excluding hydrogens is 397 g/mol. The molecule has 110 valence electrons. The maximum Gasteiger partial charge on any atom is 0.336 e. The van der Waals surface area contributed by atoms with Gasteiger partial charge in [0, 0.05) is 10.2 Å². The van der Waals surface area contributed by atoms with Gasteiger partial charge in [-0.1, -0.05) is 0 Å². The van der Waals surface area contributed by atoms with Crippen LogP contribution >= 0.6 is 22.6 Å². The molecule has 0 spiro atoms. The smallest absolute Gasteiger partial charge is 0.336 e. The zero-order valence-electron chi connectivity index (χ0n) is 10.7. The van der Waals surface area contributed by atoms with Crippen LogP contribution in [-0.4, -0.2) is 38.2 Å². The van der Waals surface area contributed by atoms with E-state index in [4.69, 9.17) is 9.84 Å². The molecule has 0 aromatic heterocycles. The van der Waals surface area contributed by atoms with Gasteiger partial charge < -0.3 is 9.84 Å². The van der Waals surface area contributed by atoms with Crippen LogP contribution in [0, 0.1) is 3.57 Å². The third-order valence-corrected chi connectivity index (χ3v) is 5.65. The molecule has 1 unspecified atom stereocenters. The van der Waals surface area contributed by atoms with E-state index in [0.717, 1.165) is 0 Å². The van der Waals surface area contributed by atoms with Gasteiger partial charge in [-0.15, -0.1) is 0 Å². The molecule has 0 saturated carbocycles. The molecule has 2 rings (SSSR count). The lowest BCUT2D eigenvalue weighted by atomic mass is 10.0. The first-order valence-electron chi connectivity index (χ1n) is 5.88. The molecule has 1 aromatic rings. The van der Waals surface area contributed by atoms with E-state index < -0.39 is 21.5 Å². The Morgan fingerprint density at radius 2 is 2.20 bits per heavy atom. The number of hydrogen-bond acceptors (Lipinski definition) is 4. The highest BCUT2D eigenvalue weighted by atomic mass is 127. The molecular formula is C12H14INO5S. The second kappa shape index (κ2) is 5.58. The third-order valence-electron chi connectivity index (χ3n) is 3.08. The van der Waals surface area contributed by atoms with Gasteiger partial charge in [0.05, 0.1) is 22.6 Å². The molecule has 1 aliphatic rings. The number of carboxylic acid groups (broad SMARTS) is 1. The highest BCUT2D eigenvalue weighted by molar-refractivity contribution is 14.1. The molecule has 1 atom stereocenters. The first kappa shape index (κ1) is 15.7. The zero-order chi connectivity index (χ0) is 15.0. The molecule has 0 amide bonds. The topological polar surface area (TPSA) is 92.7 Å². The minimum atomic E-state index is -3.77. The van der Waals surface area contributed by atoms with Gasteiger partial charge in [-0.2, -0.15) is 0 Å². The molecule has 20 heavy (non-hydrogen) atoms. The van der Waals surface area contributed by atoms with Gasteiger partial charge >= 0.3 is 5.97 Å². The van der Waals surface area contributed by atoms with Crippen molar-refractivity contribution in [1.29, 1.82) is 0 Å². The number of halogens is 1. The summed E-state index contributed by atoms with van der Waals surface area (Å²) < 4.78 is 32.9. The second-order valence-electron chi connectivity index (χ2n) is 4.92. The Hall–Kier alpha value is -0.710. The van der Waals surface area contributed by atoms with Crippen LogP contribution in [0.1, 0.15) is 23.7 Å². The van der Waals surface area contributed by atoms with E-state index in [9.17, 15) is 13.2 Å². The average Bonchev–Trinajstić information content (AvgIpc) is 2.74. The molecule has 6 nitrogen and oxygen atoms in total. The van der Waals surface area contributed by atoms with Gasteiger partial charge in [0.1, 0.15) is 0 Å². The number of sulfonamides is 1. The van der Waals surface area contributed by atoms with E-state index in [1.807, 2.05) is 22.6 Å². The van der Waals surface area contributed by atoms with Crippen LogP contribution in [0.15, 0.2) is 23.1 Å². The average molecular weight is 411 g/mol. The Bertz CT molecular complexity index is 637. The molecule has 0 bridgehead atoms. The van der Waals surface area contributed by atoms with E-state index in [1.54, 1.807) is 6.92 Å². The SMILES string of the molecule is CC1(NS(=O)(=O)c2ccc(I)c(C(=O)O)c2)CCOC1. The summed E-state index contributed by atoms with van der Waals surface area (Å²) >= 11 is 1.86. The number of benzene rings is 1. The Kier molecular flexibility index (Phi) is 4.38. The lowest BCUT2D eigenvalue weighted by Crippen LogP contribution is -2.46. The fraction of sp³-hybridized carbons (Fsp3) is 0.417. The normalized spacial score (nSPS) is 22.9. The van der Waals surface area contributed by atoms with E-state index in [2.05, 4.69) is 4.72 Å². The van der Waals surface area contributed by atoms with E-state index in [-0.39, 0.29) is 10.5 Å². The summed E-state index contributed by atoms with van der Waals surface area (Å²) in [6.07, 6.45) is 0.586. The lowest BCUT2D eigenvalue weighted by Gasteiger charge is -2.23. The largest absolute Gasteiger partial charge is 0.478 e. The summed E-state index contributed by atoms with van der Waals surface area (Å²) in [5, 5.41) is 9.05. The summed E-state index contributed by atoms with van der Waals surface area (Å²) in [7, 11) is -3.77. The van der Waals surface area contributed by atoms with Crippen molar-refractivity contribution in [3.05, 3.63) is 27.3 Å². The number of hydrogen-bond donors (Lipinski definition) is 2. The van der Waals surface area contributed by atoms with Crippen molar-refractivity contribution in [3.8, 4) is 0 Å². The maximum atomic E-state index is 12.3. The molecule has 8 heteroatoms. The monoisotopic (exact) mass is 411 g/mol. The first-order chi connectivity index (χ1) is 9.23. The van der Waals surface area contributed by atoms with Crippen LogP contribution in [0.3, 0.4) is 0 Å². The van der Waals surface area contributed by atoms with Crippen LogP contribution < -0.4 is 4.72 Å². The van der Waals surface area contributed by atoms with E-state index >= 15 is 0 Å².